The van der Waals surface area contributed by atoms with E-state index in [-0.39, 0.29) is 29.3 Å². The number of rotatable bonds is 1. The normalized spacial score (nSPS) is 17.5. The summed E-state index contributed by atoms with van der Waals surface area (Å²) in [5.74, 6) is 0. The highest BCUT2D eigenvalue weighted by Gasteiger charge is 2.18. The standard InChI is InChI=1S/C10H11BrO2.Mg.2H/c11-9-5-2-1-4-8(9)10-12-6-3-7-13-10;;;/h1-2,4-5,10H,3,6-7H2;;;. The van der Waals surface area contributed by atoms with Crippen molar-refractivity contribution in [1.29, 1.82) is 0 Å². The second-order valence-electron chi connectivity index (χ2n) is 2.95. The quantitative estimate of drug-likeness (QED) is 0.726. The molecule has 2 nitrogen and oxygen atoms in total. The SMILES string of the molecule is Brc1ccccc1C1OCCCO1.[MgH2]. The zero-order valence-electron chi connectivity index (χ0n) is 7.20. The minimum absolute atomic E-state index is 0. The Morgan fingerprint density at radius 2 is 1.79 bits per heavy atom. The van der Waals surface area contributed by atoms with Crippen LogP contribution >= 0.6 is 15.9 Å². The fourth-order valence-corrected chi connectivity index (χ4v) is 1.81. The molecule has 1 fully saturated rings. The number of hydrogen-bond acceptors (Lipinski definition) is 2. The van der Waals surface area contributed by atoms with E-state index in [0.717, 1.165) is 29.7 Å². The summed E-state index contributed by atoms with van der Waals surface area (Å²) in [6.45, 7) is 1.57. The third-order valence-corrected chi connectivity index (χ3v) is 2.71. The lowest BCUT2D eigenvalue weighted by molar-refractivity contribution is -0.183. The Kier molecular flexibility index (Phi) is 5.40. The van der Waals surface area contributed by atoms with Crippen LogP contribution in [0.15, 0.2) is 28.7 Å². The van der Waals surface area contributed by atoms with Gasteiger partial charge < -0.3 is 9.47 Å². The van der Waals surface area contributed by atoms with E-state index in [2.05, 4.69) is 15.9 Å². The van der Waals surface area contributed by atoms with Crippen LogP contribution in [0.1, 0.15) is 18.3 Å². The minimum Gasteiger partial charge on any atom is -0.348 e. The molecule has 0 N–H and O–H groups in total. The maximum absolute atomic E-state index is 5.49. The molecule has 0 spiro atoms. The highest BCUT2D eigenvalue weighted by atomic mass is 79.9. The predicted molar refractivity (Wildman–Crippen MR) is 61.9 cm³/mol. The predicted octanol–water partition coefficient (Wildman–Crippen LogP) is 1.97. The van der Waals surface area contributed by atoms with Crippen LogP contribution in [0.5, 0.6) is 0 Å². The highest BCUT2D eigenvalue weighted by Crippen LogP contribution is 2.28. The van der Waals surface area contributed by atoms with Crippen LogP contribution in [0.3, 0.4) is 0 Å². The Morgan fingerprint density at radius 1 is 1.14 bits per heavy atom. The van der Waals surface area contributed by atoms with Crippen molar-refractivity contribution in [3.05, 3.63) is 34.3 Å². The van der Waals surface area contributed by atoms with E-state index in [0.29, 0.717) is 0 Å². The van der Waals surface area contributed by atoms with E-state index in [1.807, 2.05) is 24.3 Å². The van der Waals surface area contributed by atoms with E-state index in [1.54, 1.807) is 0 Å². The molecule has 0 aromatic heterocycles. The van der Waals surface area contributed by atoms with Crippen molar-refractivity contribution in [3.63, 3.8) is 0 Å². The molecule has 0 saturated carbocycles. The zero-order valence-corrected chi connectivity index (χ0v) is 8.79. The lowest BCUT2D eigenvalue weighted by Crippen LogP contribution is -2.17. The molecule has 0 atom stereocenters. The first-order chi connectivity index (χ1) is 6.38. The maximum Gasteiger partial charge on any atom is 0.316 e. The molecule has 1 aromatic rings. The van der Waals surface area contributed by atoms with E-state index in [1.165, 1.54) is 0 Å². The van der Waals surface area contributed by atoms with Gasteiger partial charge in [-0.05, 0) is 12.5 Å². The molecule has 4 heteroatoms. The topological polar surface area (TPSA) is 18.5 Å². The van der Waals surface area contributed by atoms with Gasteiger partial charge in [0.2, 0.25) is 0 Å². The zero-order chi connectivity index (χ0) is 9.10. The second-order valence-corrected chi connectivity index (χ2v) is 3.80. The van der Waals surface area contributed by atoms with Crippen LogP contribution < -0.4 is 0 Å². The third-order valence-electron chi connectivity index (χ3n) is 1.99. The number of ether oxygens (including phenoxy) is 2. The number of halogens is 1. The summed E-state index contributed by atoms with van der Waals surface area (Å²) in [5, 5.41) is 0. The Hall–Kier alpha value is 0.386. The Morgan fingerprint density at radius 3 is 2.43 bits per heavy atom. The molecular formula is C10H13BrMgO2. The molecule has 0 bridgehead atoms. The fourth-order valence-electron chi connectivity index (χ4n) is 1.33. The van der Waals surface area contributed by atoms with Crippen LogP contribution in [-0.4, -0.2) is 36.3 Å². The fraction of sp³-hybridized carbons (Fsp3) is 0.400. The van der Waals surface area contributed by atoms with Crippen molar-refractivity contribution in [3.8, 4) is 0 Å². The van der Waals surface area contributed by atoms with Gasteiger partial charge in [0.15, 0.2) is 6.29 Å². The largest absolute Gasteiger partial charge is 0.348 e. The molecule has 1 aliphatic rings. The molecule has 0 unspecified atom stereocenters. The highest BCUT2D eigenvalue weighted by molar-refractivity contribution is 9.10. The van der Waals surface area contributed by atoms with Crippen molar-refractivity contribution in [1.82, 2.24) is 0 Å². The van der Waals surface area contributed by atoms with Gasteiger partial charge in [0.1, 0.15) is 0 Å². The maximum atomic E-state index is 5.49. The van der Waals surface area contributed by atoms with E-state index < -0.39 is 0 Å². The van der Waals surface area contributed by atoms with Gasteiger partial charge in [-0.15, -0.1) is 0 Å². The van der Waals surface area contributed by atoms with Crippen LogP contribution in [-0.2, 0) is 9.47 Å². The van der Waals surface area contributed by atoms with Gasteiger partial charge in [0.05, 0.1) is 13.2 Å². The monoisotopic (exact) mass is 268 g/mol. The van der Waals surface area contributed by atoms with Crippen LogP contribution in [0.2, 0.25) is 0 Å². The molecule has 0 aliphatic carbocycles. The Balaban J connectivity index is 0.000000980. The van der Waals surface area contributed by atoms with Gasteiger partial charge >= 0.3 is 23.1 Å². The van der Waals surface area contributed by atoms with Gasteiger partial charge in [0.25, 0.3) is 0 Å². The van der Waals surface area contributed by atoms with Gasteiger partial charge in [-0.25, -0.2) is 0 Å². The first-order valence-electron chi connectivity index (χ1n) is 4.35. The van der Waals surface area contributed by atoms with E-state index >= 15 is 0 Å². The molecule has 0 radical (unpaired) electrons. The first-order valence-corrected chi connectivity index (χ1v) is 5.15. The van der Waals surface area contributed by atoms with Gasteiger partial charge in [0, 0.05) is 10.0 Å². The molecule has 2 rings (SSSR count). The van der Waals surface area contributed by atoms with Gasteiger partial charge in [-0.2, -0.15) is 0 Å². The summed E-state index contributed by atoms with van der Waals surface area (Å²) in [6.07, 6.45) is 0.797. The van der Waals surface area contributed by atoms with Gasteiger partial charge in [-0.1, -0.05) is 34.1 Å². The second kappa shape index (κ2) is 6.08. The van der Waals surface area contributed by atoms with Crippen molar-refractivity contribution in [2.75, 3.05) is 13.2 Å². The average molecular weight is 269 g/mol. The summed E-state index contributed by atoms with van der Waals surface area (Å²) >= 11 is 3.47. The third kappa shape index (κ3) is 2.94. The smallest absolute Gasteiger partial charge is 0.316 e. The summed E-state index contributed by atoms with van der Waals surface area (Å²) in [4.78, 5) is 0. The number of hydrogen-bond donors (Lipinski definition) is 0. The van der Waals surface area contributed by atoms with Crippen LogP contribution in [0, 0.1) is 0 Å². The van der Waals surface area contributed by atoms with Crippen molar-refractivity contribution in [2.24, 2.45) is 0 Å². The molecule has 1 heterocycles. The molecule has 14 heavy (non-hydrogen) atoms. The summed E-state index contributed by atoms with van der Waals surface area (Å²) in [5.41, 5.74) is 1.07. The lowest BCUT2D eigenvalue weighted by Gasteiger charge is -2.24. The summed E-state index contributed by atoms with van der Waals surface area (Å²) < 4.78 is 12.0. The molecule has 1 saturated heterocycles. The summed E-state index contributed by atoms with van der Waals surface area (Å²) in [7, 11) is 0. The van der Waals surface area contributed by atoms with Crippen LogP contribution in [0.4, 0.5) is 0 Å². The van der Waals surface area contributed by atoms with Gasteiger partial charge in [-0.3, -0.25) is 0 Å². The molecule has 1 aromatic carbocycles. The molecular weight excluding hydrogens is 256 g/mol. The molecule has 0 amide bonds. The molecule has 1 aliphatic heterocycles. The summed E-state index contributed by atoms with van der Waals surface area (Å²) in [6, 6.07) is 7.98. The number of benzene rings is 1. The van der Waals surface area contributed by atoms with E-state index in [4.69, 9.17) is 9.47 Å². The lowest BCUT2D eigenvalue weighted by atomic mass is 10.2. The van der Waals surface area contributed by atoms with Crippen molar-refractivity contribution < 1.29 is 9.47 Å². The van der Waals surface area contributed by atoms with Crippen LogP contribution in [0.25, 0.3) is 0 Å². The average Bonchev–Trinajstić information content (AvgIpc) is 2.20. The minimum atomic E-state index is -0.190. The van der Waals surface area contributed by atoms with Crippen molar-refractivity contribution in [2.45, 2.75) is 12.7 Å². The molecule has 74 valence electrons. The van der Waals surface area contributed by atoms with Crippen molar-refractivity contribution >= 4 is 39.0 Å². The Bertz CT molecular complexity index is 287. The Labute approximate surface area is 108 Å². The first kappa shape index (κ1) is 12.5. The van der Waals surface area contributed by atoms with E-state index in [9.17, 15) is 0 Å².